The second-order valence-electron chi connectivity index (χ2n) is 4.37. The summed E-state index contributed by atoms with van der Waals surface area (Å²) in [6.45, 7) is 5.94. The van der Waals surface area contributed by atoms with Crippen molar-refractivity contribution < 1.29 is 13.2 Å². The number of hydrogen-bond donors (Lipinski definition) is 1. The fraction of sp³-hybridized carbons (Fsp3) is 0.667. The highest BCUT2D eigenvalue weighted by atomic mass is 35.5. The first-order valence-electron chi connectivity index (χ1n) is 6.16. The quantitative estimate of drug-likeness (QED) is 0.811. The van der Waals surface area contributed by atoms with Gasteiger partial charge in [0.05, 0.1) is 0 Å². The van der Waals surface area contributed by atoms with Crippen molar-refractivity contribution in [2.45, 2.75) is 51.7 Å². The number of halogens is 4. The van der Waals surface area contributed by atoms with Gasteiger partial charge >= 0.3 is 6.18 Å². The van der Waals surface area contributed by atoms with Gasteiger partial charge in [0, 0.05) is 11.6 Å². The predicted octanol–water partition coefficient (Wildman–Crippen LogP) is 4.53. The van der Waals surface area contributed by atoms with E-state index < -0.39 is 17.2 Å². The van der Waals surface area contributed by atoms with Crippen LogP contribution in [-0.2, 0) is 6.18 Å². The summed E-state index contributed by atoms with van der Waals surface area (Å²) < 4.78 is 37.9. The SMILES string of the molecule is CCC(CC)(CC)Nc1cc(C(F)(F)F)nc(Cl)n1. The first-order valence-corrected chi connectivity index (χ1v) is 6.54. The van der Waals surface area contributed by atoms with Crippen molar-refractivity contribution in [1.29, 1.82) is 0 Å². The van der Waals surface area contributed by atoms with E-state index in [4.69, 9.17) is 11.6 Å². The van der Waals surface area contributed by atoms with Gasteiger partial charge in [0.15, 0.2) is 5.69 Å². The van der Waals surface area contributed by atoms with Gasteiger partial charge in [-0.1, -0.05) is 20.8 Å². The van der Waals surface area contributed by atoms with Crippen LogP contribution in [0.5, 0.6) is 0 Å². The molecule has 0 fully saturated rings. The molecule has 1 aromatic heterocycles. The van der Waals surface area contributed by atoms with E-state index in [1.807, 2.05) is 20.8 Å². The summed E-state index contributed by atoms with van der Waals surface area (Å²) in [7, 11) is 0. The lowest BCUT2D eigenvalue weighted by atomic mass is 9.90. The Labute approximate surface area is 115 Å². The topological polar surface area (TPSA) is 37.8 Å². The third kappa shape index (κ3) is 3.96. The Bertz CT molecular complexity index is 422. The molecular weight excluding hydrogens is 279 g/mol. The van der Waals surface area contributed by atoms with Crippen molar-refractivity contribution >= 4 is 17.4 Å². The van der Waals surface area contributed by atoms with Crippen LogP contribution in [0.3, 0.4) is 0 Å². The maximum Gasteiger partial charge on any atom is 0.433 e. The molecule has 1 rings (SSSR count). The molecule has 0 radical (unpaired) electrons. The molecule has 0 aliphatic rings. The molecule has 3 nitrogen and oxygen atoms in total. The summed E-state index contributed by atoms with van der Waals surface area (Å²) in [5, 5.41) is 2.65. The Kier molecular flexibility index (Phi) is 5.01. The Morgan fingerprint density at radius 3 is 2.05 bits per heavy atom. The highest BCUT2D eigenvalue weighted by molar-refractivity contribution is 6.28. The van der Waals surface area contributed by atoms with Crippen LogP contribution in [-0.4, -0.2) is 15.5 Å². The maximum absolute atomic E-state index is 12.6. The van der Waals surface area contributed by atoms with Gasteiger partial charge in [-0.3, -0.25) is 0 Å². The van der Waals surface area contributed by atoms with Crippen LogP contribution in [0.1, 0.15) is 45.7 Å². The summed E-state index contributed by atoms with van der Waals surface area (Å²) in [6, 6.07) is 0.890. The first-order chi connectivity index (χ1) is 8.76. The minimum Gasteiger partial charge on any atom is -0.365 e. The Morgan fingerprint density at radius 1 is 1.11 bits per heavy atom. The molecule has 0 aromatic carbocycles. The lowest BCUT2D eigenvalue weighted by molar-refractivity contribution is -0.141. The number of aromatic nitrogens is 2. The number of nitrogens with one attached hydrogen (secondary N) is 1. The van der Waals surface area contributed by atoms with Crippen molar-refractivity contribution in [3.05, 3.63) is 17.0 Å². The van der Waals surface area contributed by atoms with Crippen LogP contribution in [0, 0.1) is 0 Å². The normalized spacial score (nSPS) is 12.6. The van der Waals surface area contributed by atoms with E-state index >= 15 is 0 Å². The molecule has 0 spiro atoms. The zero-order valence-corrected chi connectivity index (χ0v) is 11.9. The van der Waals surface area contributed by atoms with Crippen molar-refractivity contribution in [3.63, 3.8) is 0 Å². The number of hydrogen-bond acceptors (Lipinski definition) is 3. The molecular formula is C12H17ClF3N3. The minimum absolute atomic E-state index is 0.109. The van der Waals surface area contributed by atoms with Crippen molar-refractivity contribution in [3.8, 4) is 0 Å². The summed E-state index contributed by atoms with van der Waals surface area (Å²) in [5.41, 5.74) is -1.31. The van der Waals surface area contributed by atoms with E-state index in [0.717, 1.165) is 25.3 Å². The van der Waals surface area contributed by atoms with E-state index in [1.165, 1.54) is 0 Å². The van der Waals surface area contributed by atoms with Crippen LogP contribution >= 0.6 is 11.6 Å². The number of rotatable bonds is 5. The molecule has 108 valence electrons. The zero-order valence-electron chi connectivity index (χ0n) is 11.1. The van der Waals surface area contributed by atoms with Gasteiger partial charge in [0.2, 0.25) is 5.28 Å². The standard InChI is InChI=1S/C12H17ClF3N3/c1-4-11(5-2,6-3)19-9-7-8(12(14,15)16)17-10(13)18-9/h7H,4-6H2,1-3H3,(H,17,18,19). The molecule has 0 saturated heterocycles. The van der Waals surface area contributed by atoms with E-state index in [-0.39, 0.29) is 11.4 Å². The minimum atomic E-state index is -4.53. The average Bonchev–Trinajstić information content (AvgIpc) is 2.34. The zero-order chi connectivity index (χ0) is 14.7. The third-order valence-corrected chi connectivity index (χ3v) is 3.58. The van der Waals surface area contributed by atoms with Crippen LogP contribution in [0.15, 0.2) is 6.07 Å². The molecule has 0 atom stereocenters. The van der Waals surface area contributed by atoms with E-state index in [0.29, 0.717) is 0 Å². The Balaban J connectivity index is 3.11. The number of alkyl halides is 3. The largest absolute Gasteiger partial charge is 0.433 e. The molecule has 7 heteroatoms. The number of nitrogens with zero attached hydrogens (tertiary/aromatic N) is 2. The summed E-state index contributed by atoms with van der Waals surface area (Å²) in [6.07, 6.45) is -2.19. The highest BCUT2D eigenvalue weighted by Crippen LogP contribution is 2.31. The molecule has 0 unspecified atom stereocenters. The molecule has 0 amide bonds. The van der Waals surface area contributed by atoms with Gasteiger partial charge in [-0.05, 0) is 30.9 Å². The second kappa shape index (κ2) is 5.94. The monoisotopic (exact) mass is 295 g/mol. The van der Waals surface area contributed by atoms with Crippen LogP contribution in [0.25, 0.3) is 0 Å². The maximum atomic E-state index is 12.6. The van der Waals surface area contributed by atoms with E-state index in [9.17, 15) is 13.2 Å². The molecule has 0 saturated carbocycles. The second-order valence-corrected chi connectivity index (χ2v) is 4.71. The predicted molar refractivity (Wildman–Crippen MR) is 69.3 cm³/mol. The Hall–Kier alpha value is -1.04. The highest BCUT2D eigenvalue weighted by Gasteiger charge is 2.34. The molecule has 1 heterocycles. The fourth-order valence-corrected chi connectivity index (χ4v) is 2.10. The summed E-state index contributed by atoms with van der Waals surface area (Å²) in [5.74, 6) is 0.109. The van der Waals surface area contributed by atoms with Gasteiger partial charge in [-0.2, -0.15) is 13.2 Å². The van der Waals surface area contributed by atoms with Crippen molar-refractivity contribution in [2.24, 2.45) is 0 Å². The average molecular weight is 296 g/mol. The van der Waals surface area contributed by atoms with Crippen LogP contribution in [0.2, 0.25) is 5.28 Å². The smallest absolute Gasteiger partial charge is 0.365 e. The molecule has 1 aromatic rings. The van der Waals surface area contributed by atoms with Crippen molar-refractivity contribution in [1.82, 2.24) is 9.97 Å². The molecule has 1 N–H and O–H groups in total. The third-order valence-electron chi connectivity index (χ3n) is 3.41. The summed E-state index contributed by atoms with van der Waals surface area (Å²) >= 11 is 5.55. The van der Waals surface area contributed by atoms with Crippen LogP contribution < -0.4 is 5.32 Å². The van der Waals surface area contributed by atoms with Gasteiger partial charge in [-0.15, -0.1) is 0 Å². The molecule has 0 aliphatic carbocycles. The Morgan fingerprint density at radius 2 is 1.63 bits per heavy atom. The van der Waals surface area contributed by atoms with Crippen LogP contribution in [0.4, 0.5) is 19.0 Å². The van der Waals surface area contributed by atoms with Gasteiger partial charge in [-0.25, -0.2) is 9.97 Å². The van der Waals surface area contributed by atoms with Gasteiger partial charge in [0.1, 0.15) is 5.82 Å². The first kappa shape index (κ1) is 16.0. The van der Waals surface area contributed by atoms with Gasteiger partial charge in [0.25, 0.3) is 0 Å². The molecule has 0 bridgehead atoms. The number of anilines is 1. The molecule has 19 heavy (non-hydrogen) atoms. The summed E-state index contributed by atoms with van der Waals surface area (Å²) in [4.78, 5) is 7.02. The van der Waals surface area contributed by atoms with Gasteiger partial charge < -0.3 is 5.32 Å². The molecule has 0 aliphatic heterocycles. The lowest BCUT2D eigenvalue weighted by Gasteiger charge is -2.32. The lowest BCUT2D eigenvalue weighted by Crippen LogP contribution is -2.36. The fourth-order valence-electron chi connectivity index (χ4n) is 1.91. The van der Waals surface area contributed by atoms with Crippen molar-refractivity contribution in [2.75, 3.05) is 5.32 Å². The van der Waals surface area contributed by atoms with E-state index in [1.54, 1.807) is 0 Å². The van der Waals surface area contributed by atoms with E-state index in [2.05, 4.69) is 15.3 Å².